The first-order valence-electron chi connectivity index (χ1n) is 9.31. The molecule has 5 fully saturated rings. The summed E-state index contributed by atoms with van der Waals surface area (Å²) < 4.78 is 12.3. The maximum Gasteiger partial charge on any atom is 0.341 e. The summed E-state index contributed by atoms with van der Waals surface area (Å²) in [4.78, 5) is 26.1. The van der Waals surface area contributed by atoms with Crippen LogP contribution in [0.4, 0.5) is 0 Å². The summed E-state index contributed by atoms with van der Waals surface area (Å²) in [5, 5.41) is 21.7. The highest BCUT2D eigenvalue weighted by Crippen LogP contribution is 2.70. The van der Waals surface area contributed by atoms with Crippen molar-refractivity contribution in [3.63, 3.8) is 0 Å². The average Bonchev–Trinajstić information content (AvgIpc) is 2.90. The second-order valence-corrected chi connectivity index (χ2v) is 8.86. The SMILES string of the molecule is C[C@@H]1C[C@H](C)C(=O)[C@H]2CC3[C@H](O)[C@H]4O[C@]25/C(=C\1O)C(=O)O[C@]35C[C@H]4C. The second kappa shape index (κ2) is 4.46. The highest BCUT2D eigenvalue weighted by molar-refractivity contribution is 5.99. The number of hydrogen-bond donors (Lipinski definition) is 2. The van der Waals surface area contributed by atoms with Gasteiger partial charge in [0.1, 0.15) is 17.1 Å². The molecule has 2 N–H and O–H groups in total. The fourth-order valence-corrected chi connectivity index (χ4v) is 6.61. The summed E-state index contributed by atoms with van der Waals surface area (Å²) >= 11 is 0. The first-order valence-corrected chi connectivity index (χ1v) is 9.31. The minimum Gasteiger partial charge on any atom is -0.511 e. The van der Waals surface area contributed by atoms with Gasteiger partial charge >= 0.3 is 5.97 Å². The fourth-order valence-electron chi connectivity index (χ4n) is 6.61. The van der Waals surface area contributed by atoms with Gasteiger partial charge in [0.25, 0.3) is 0 Å². The average molecular weight is 348 g/mol. The van der Waals surface area contributed by atoms with E-state index in [9.17, 15) is 19.8 Å². The van der Waals surface area contributed by atoms with Crippen molar-refractivity contribution in [1.82, 2.24) is 0 Å². The van der Waals surface area contributed by atoms with Crippen molar-refractivity contribution >= 4 is 11.8 Å². The lowest BCUT2D eigenvalue weighted by Gasteiger charge is -2.58. The summed E-state index contributed by atoms with van der Waals surface area (Å²) in [6.07, 6.45) is 0.318. The molecule has 0 aromatic rings. The molecule has 25 heavy (non-hydrogen) atoms. The Morgan fingerprint density at radius 2 is 1.84 bits per heavy atom. The molecular formula is C19H24O6. The van der Waals surface area contributed by atoms with Crippen LogP contribution in [0.25, 0.3) is 0 Å². The molecule has 3 aliphatic carbocycles. The van der Waals surface area contributed by atoms with E-state index in [-0.39, 0.29) is 40.8 Å². The van der Waals surface area contributed by atoms with E-state index in [2.05, 4.69) is 0 Å². The summed E-state index contributed by atoms with van der Waals surface area (Å²) in [5.74, 6) is -1.89. The Balaban J connectivity index is 1.82. The Hall–Kier alpha value is -1.40. The van der Waals surface area contributed by atoms with Crippen molar-refractivity contribution in [3.05, 3.63) is 11.3 Å². The molecule has 3 aliphatic heterocycles. The fraction of sp³-hybridized carbons (Fsp3) is 0.789. The number of aliphatic hydroxyl groups excluding tert-OH is 2. The van der Waals surface area contributed by atoms with Gasteiger partial charge in [0.05, 0.1) is 18.1 Å². The molecule has 6 aliphatic rings. The first-order chi connectivity index (χ1) is 11.7. The molecule has 2 spiro atoms. The molecule has 6 nitrogen and oxygen atoms in total. The van der Waals surface area contributed by atoms with Crippen LogP contribution in [0.2, 0.25) is 0 Å². The van der Waals surface area contributed by atoms with E-state index in [1.54, 1.807) is 0 Å². The molecule has 3 saturated heterocycles. The number of aliphatic hydroxyl groups is 2. The van der Waals surface area contributed by atoms with Gasteiger partial charge in [0.2, 0.25) is 0 Å². The lowest BCUT2D eigenvalue weighted by Crippen LogP contribution is -2.72. The van der Waals surface area contributed by atoms with Gasteiger partial charge in [-0.05, 0) is 25.2 Å². The van der Waals surface area contributed by atoms with Crippen molar-refractivity contribution in [2.45, 2.75) is 63.4 Å². The summed E-state index contributed by atoms with van der Waals surface area (Å²) in [6, 6.07) is 0. The number of carbonyl (C=O) groups is 2. The topological polar surface area (TPSA) is 93.1 Å². The maximum absolute atomic E-state index is 13.2. The van der Waals surface area contributed by atoms with Crippen molar-refractivity contribution in [3.8, 4) is 0 Å². The zero-order valence-electron chi connectivity index (χ0n) is 14.7. The van der Waals surface area contributed by atoms with Gasteiger partial charge in [-0.1, -0.05) is 20.8 Å². The molecule has 2 saturated carbocycles. The minimum atomic E-state index is -1.23. The number of ether oxygens (including phenoxy) is 2. The Bertz CT molecular complexity index is 727. The van der Waals surface area contributed by atoms with Crippen LogP contribution >= 0.6 is 0 Å². The first kappa shape index (κ1) is 15.8. The second-order valence-electron chi connectivity index (χ2n) is 8.86. The van der Waals surface area contributed by atoms with Crippen molar-refractivity contribution < 1.29 is 29.3 Å². The van der Waals surface area contributed by atoms with Gasteiger partial charge in [0, 0.05) is 17.8 Å². The van der Waals surface area contributed by atoms with Gasteiger partial charge in [-0.15, -0.1) is 0 Å². The Morgan fingerprint density at radius 1 is 1.12 bits per heavy atom. The van der Waals surface area contributed by atoms with Crippen LogP contribution in [0, 0.1) is 29.6 Å². The predicted octanol–water partition coefficient (Wildman–Crippen LogP) is 1.51. The number of Topliss-reactive ketones (excluding diaryl/α,β-unsaturated/α-hetero) is 1. The van der Waals surface area contributed by atoms with E-state index in [1.807, 2.05) is 20.8 Å². The van der Waals surface area contributed by atoms with E-state index in [1.165, 1.54) is 0 Å². The number of fused-ring (bicyclic) bond motifs is 1. The number of hydrogen-bond acceptors (Lipinski definition) is 6. The van der Waals surface area contributed by atoms with Crippen LogP contribution < -0.4 is 0 Å². The van der Waals surface area contributed by atoms with Gasteiger partial charge in [-0.2, -0.15) is 0 Å². The molecule has 9 atom stereocenters. The zero-order chi connectivity index (χ0) is 17.9. The molecule has 0 aromatic heterocycles. The Morgan fingerprint density at radius 3 is 2.56 bits per heavy atom. The van der Waals surface area contributed by atoms with Crippen LogP contribution in [-0.4, -0.2) is 45.4 Å². The van der Waals surface area contributed by atoms with Crippen molar-refractivity contribution in [1.29, 1.82) is 0 Å². The third-order valence-electron chi connectivity index (χ3n) is 7.57. The summed E-state index contributed by atoms with van der Waals surface area (Å²) in [6.45, 7) is 5.68. The smallest absolute Gasteiger partial charge is 0.341 e. The molecule has 6 rings (SSSR count). The van der Waals surface area contributed by atoms with E-state index < -0.39 is 35.3 Å². The summed E-state index contributed by atoms with van der Waals surface area (Å²) in [7, 11) is 0. The van der Waals surface area contributed by atoms with E-state index >= 15 is 0 Å². The van der Waals surface area contributed by atoms with Gasteiger partial charge in [-0.25, -0.2) is 4.79 Å². The molecule has 0 aromatic carbocycles. The third kappa shape index (κ3) is 1.48. The predicted molar refractivity (Wildman–Crippen MR) is 85.4 cm³/mol. The molecule has 1 unspecified atom stereocenters. The normalized spacial score (nSPS) is 59.4. The molecule has 3 heterocycles. The molecular weight excluding hydrogens is 324 g/mol. The molecule has 136 valence electrons. The number of allylic oxidation sites excluding steroid dienone is 1. The van der Waals surface area contributed by atoms with Gasteiger partial charge in [0.15, 0.2) is 11.2 Å². The van der Waals surface area contributed by atoms with Crippen molar-refractivity contribution in [2.75, 3.05) is 0 Å². The highest BCUT2D eigenvalue weighted by atomic mass is 16.6. The van der Waals surface area contributed by atoms with Crippen LogP contribution in [0.3, 0.4) is 0 Å². The monoisotopic (exact) mass is 348 g/mol. The lowest BCUT2D eigenvalue weighted by molar-refractivity contribution is -0.300. The Kier molecular flexibility index (Phi) is 2.83. The standard InChI is InChI=1S/C19H24O6/c1-7-4-8(2)14(21)12-17(23)25-18-6-9(3)16-15(22)10(18)5-11(13(7)20)19(12,18)24-16/h7-11,15-16,21-22H,4-6H2,1-3H3/b14-12+/t7-,8+,9+,10?,11+,15-,16-,18+,19-/m0/s1. The highest BCUT2D eigenvalue weighted by Gasteiger charge is 2.84. The lowest BCUT2D eigenvalue weighted by atomic mass is 9.59. The maximum atomic E-state index is 13.2. The minimum absolute atomic E-state index is 0.00145. The Labute approximate surface area is 146 Å². The molecule has 0 amide bonds. The molecule has 4 bridgehead atoms. The third-order valence-corrected chi connectivity index (χ3v) is 7.57. The van der Waals surface area contributed by atoms with Crippen LogP contribution in [-0.2, 0) is 19.1 Å². The van der Waals surface area contributed by atoms with Gasteiger partial charge < -0.3 is 19.7 Å². The molecule has 6 heteroatoms. The van der Waals surface area contributed by atoms with E-state index in [0.29, 0.717) is 19.3 Å². The van der Waals surface area contributed by atoms with Gasteiger partial charge in [-0.3, -0.25) is 4.79 Å². The van der Waals surface area contributed by atoms with Crippen molar-refractivity contribution in [2.24, 2.45) is 29.6 Å². The number of esters is 1. The van der Waals surface area contributed by atoms with E-state index in [0.717, 1.165) is 0 Å². The molecule has 0 radical (unpaired) electrons. The summed E-state index contributed by atoms with van der Waals surface area (Å²) in [5.41, 5.74) is -2.11. The quantitative estimate of drug-likeness (QED) is 0.645. The van der Waals surface area contributed by atoms with Crippen LogP contribution in [0.15, 0.2) is 11.3 Å². The number of ketones is 1. The zero-order valence-corrected chi connectivity index (χ0v) is 14.7. The largest absolute Gasteiger partial charge is 0.511 e. The van der Waals surface area contributed by atoms with Crippen LogP contribution in [0.5, 0.6) is 0 Å². The van der Waals surface area contributed by atoms with Crippen LogP contribution in [0.1, 0.15) is 40.0 Å². The van der Waals surface area contributed by atoms with E-state index in [4.69, 9.17) is 9.47 Å². The number of carbonyl (C=O) groups excluding carboxylic acids is 2. The number of rotatable bonds is 0.